The summed E-state index contributed by atoms with van der Waals surface area (Å²) in [5.41, 5.74) is 9.99. The van der Waals surface area contributed by atoms with E-state index in [9.17, 15) is 4.79 Å². The molecule has 0 fully saturated rings. The molecule has 0 spiro atoms. The van der Waals surface area contributed by atoms with Gasteiger partial charge in [-0.1, -0.05) is 30.3 Å². The number of amides is 1. The predicted molar refractivity (Wildman–Crippen MR) is 99.3 cm³/mol. The van der Waals surface area contributed by atoms with Gasteiger partial charge in [0, 0.05) is 32.3 Å². The summed E-state index contributed by atoms with van der Waals surface area (Å²) in [6.45, 7) is 2.31. The topological polar surface area (TPSA) is 74.4 Å². The summed E-state index contributed by atoms with van der Waals surface area (Å²) in [4.78, 5) is 12.3. The van der Waals surface area contributed by atoms with Crippen molar-refractivity contribution in [3.63, 3.8) is 0 Å². The van der Waals surface area contributed by atoms with E-state index < -0.39 is 0 Å². The molecular formula is C19H24N4O2. The van der Waals surface area contributed by atoms with Crippen LogP contribution in [0.5, 0.6) is 0 Å². The molecule has 1 atom stereocenters. The van der Waals surface area contributed by atoms with E-state index in [1.165, 1.54) is 11.1 Å². The molecule has 0 radical (unpaired) electrons. The van der Waals surface area contributed by atoms with Crippen molar-refractivity contribution in [3.8, 4) is 0 Å². The molecule has 6 nitrogen and oxygen atoms in total. The van der Waals surface area contributed by atoms with Crippen molar-refractivity contribution in [3.05, 3.63) is 59.7 Å². The number of para-hydroxylation sites is 1. The Morgan fingerprint density at radius 2 is 2.00 bits per heavy atom. The number of hydrazine groups is 1. The molecule has 25 heavy (non-hydrogen) atoms. The van der Waals surface area contributed by atoms with Crippen LogP contribution in [0.1, 0.15) is 11.1 Å². The van der Waals surface area contributed by atoms with Crippen LogP contribution < -0.4 is 21.5 Å². The van der Waals surface area contributed by atoms with Crippen LogP contribution in [0.15, 0.2) is 48.5 Å². The highest BCUT2D eigenvalue weighted by atomic mass is 16.5. The Bertz CT molecular complexity index is 678. The highest BCUT2D eigenvalue weighted by Gasteiger charge is 2.26. The van der Waals surface area contributed by atoms with E-state index in [0.29, 0.717) is 13.0 Å². The van der Waals surface area contributed by atoms with Crippen molar-refractivity contribution < 1.29 is 9.53 Å². The zero-order valence-corrected chi connectivity index (χ0v) is 14.3. The van der Waals surface area contributed by atoms with Crippen LogP contribution in [0.3, 0.4) is 0 Å². The molecule has 1 aliphatic heterocycles. The average molecular weight is 340 g/mol. The van der Waals surface area contributed by atoms with Crippen molar-refractivity contribution in [2.75, 3.05) is 31.0 Å². The van der Waals surface area contributed by atoms with Crippen LogP contribution in [0.25, 0.3) is 0 Å². The maximum absolute atomic E-state index is 12.3. The lowest BCUT2D eigenvalue weighted by atomic mass is 10.1. The Balaban J connectivity index is 1.43. The van der Waals surface area contributed by atoms with Gasteiger partial charge in [0.05, 0.1) is 12.3 Å². The number of benzene rings is 2. The molecule has 1 heterocycles. The number of anilines is 2. The maximum Gasteiger partial charge on any atom is 0.261 e. The summed E-state index contributed by atoms with van der Waals surface area (Å²) in [6.07, 6.45) is 0.704. The van der Waals surface area contributed by atoms with Crippen LogP contribution in [-0.2, 0) is 22.5 Å². The summed E-state index contributed by atoms with van der Waals surface area (Å²) in [7, 11) is 1.69. The normalized spacial score (nSPS) is 15.3. The number of rotatable bonds is 8. The van der Waals surface area contributed by atoms with Crippen molar-refractivity contribution in [1.29, 1.82) is 0 Å². The van der Waals surface area contributed by atoms with E-state index in [2.05, 4.69) is 21.5 Å². The zero-order chi connectivity index (χ0) is 17.5. The average Bonchev–Trinajstić information content (AvgIpc) is 3.08. The fourth-order valence-electron chi connectivity index (χ4n) is 2.79. The van der Waals surface area contributed by atoms with Crippen LogP contribution in [0, 0.1) is 0 Å². The fraction of sp³-hybridized carbons (Fsp3) is 0.316. The number of carbonyl (C=O) groups is 1. The molecule has 1 aliphatic rings. The van der Waals surface area contributed by atoms with E-state index in [0.717, 1.165) is 24.5 Å². The van der Waals surface area contributed by atoms with E-state index >= 15 is 0 Å². The van der Waals surface area contributed by atoms with E-state index in [1.54, 1.807) is 7.11 Å². The number of fused-ring (bicyclic) bond motifs is 1. The van der Waals surface area contributed by atoms with Crippen molar-refractivity contribution >= 4 is 17.3 Å². The summed E-state index contributed by atoms with van der Waals surface area (Å²) >= 11 is 0. The smallest absolute Gasteiger partial charge is 0.261 e. The summed E-state index contributed by atoms with van der Waals surface area (Å²) in [5, 5.41) is 6.54. The molecule has 4 N–H and O–H groups in total. The minimum atomic E-state index is -0.242. The molecule has 132 valence electrons. The van der Waals surface area contributed by atoms with Crippen LogP contribution in [-0.4, -0.2) is 32.2 Å². The first-order chi connectivity index (χ1) is 12.3. The second-order valence-electron chi connectivity index (χ2n) is 6.04. The highest BCUT2D eigenvalue weighted by Crippen LogP contribution is 2.25. The van der Waals surface area contributed by atoms with E-state index in [4.69, 9.17) is 4.74 Å². The number of hydrogen-bond acceptors (Lipinski definition) is 5. The molecule has 1 unspecified atom stereocenters. The lowest BCUT2D eigenvalue weighted by Crippen LogP contribution is -2.41. The number of methoxy groups -OCH3 is 1. The molecule has 2 aromatic rings. The van der Waals surface area contributed by atoms with Crippen LogP contribution in [0.2, 0.25) is 0 Å². The second kappa shape index (κ2) is 8.50. The number of nitrogens with one attached hydrogen (secondary N) is 4. The quantitative estimate of drug-likeness (QED) is 0.436. The molecule has 0 aromatic heterocycles. The summed E-state index contributed by atoms with van der Waals surface area (Å²) in [5.74, 6) is -0.0680. The Kier molecular flexibility index (Phi) is 5.87. The van der Waals surface area contributed by atoms with E-state index in [1.807, 2.05) is 48.5 Å². The molecule has 0 saturated heterocycles. The van der Waals surface area contributed by atoms with Gasteiger partial charge in [-0.25, -0.2) is 0 Å². The third-order valence-corrected chi connectivity index (χ3v) is 4.18. The van der Waals surface area contributed by atoms with Crippen molar-refractivity contribution in [1.82, 2.24) is 10.7 Å². The Morgan fingerprint density at radius 3 is 2.76 bits per heavy atom. The first-order valence-corrected chi connectivity index (χ1v) is 8.45. The van der Waals surface area contributed by atoms with Gasteiger partial charge in [0.2, 0.25) is 0 Å². The van der Waals surface area contributed by atoms with Gasteiger partial charge in [-0.05, 0) is 29.3 Å². The maximum atomic E-state index is 12.3. The van der Waals surface area contributed by atoms with Gasteiger partial charge in [0.25, 0.3) is 5.91 Å². The Hall–Kier alpha value is -2.57. The molecule has 2 aromatic carbocycles. The molecule has 0 bridgehead atoms. The molecular weight excluding hydrogens is 316 g/mol. The van der Waals surface area contributed by atoms with E-state index in [-0.39, 0.29) is 11.9 Å². The second-order valence-corrected chi connectivity index (χ2v) is 6.04. The van der Waals surface area contributed by atoms with Gasteiger partial charge in [-0.3, -0.25) is 15.6 Å². The number of ether oxygens (including phenoxy) is 1. The Morgan fingerprint density at radius 1 is 1.20 bits per heavy atom. The van der Waals surface area contributed by atoms with Gasteiger partial charge in [0.1, 0.15) is 6.04 Å². The molecule has 1 amide bonds. The van der Waals surface area contributed by atoms with Gasteiger partial charge in [-0.2, -0.15) is 0 Å². The molecule has 0 aliphatic carbocycles. The lowest BCUT2D eigenvalue weighted by molar-refractivity contribution is -0.121. The first kappa shape index (κ1) is 17.3. The Labute approximate surface area is 147 Å². The first-order valence-electron chi connectivity index (χ1n) is 8.45. The van der Waals surface area contributed by atoms with Crippen LogP contribution in [0.4, 0.5) is 11.4 Å². The van der Waals surface area contributed by atoms with Gasteiger partial charge < -0.3 is 15.4 Å². The van der Waals surface area contributed by atoms with Crippen molar-refractivity contribution in [2.45, 2.75) is 19.0 Å². The molecule has 6 heteroatoms. The summed E-state index contributed by atoms with van der Waals surface area (Å²) < 4.78 is 5.00. The third-order valence-electron chi connectivity index (χ3n) is 4.18. The van der Waals surface area contributed by atoms with Gasteiger partial charge >= 0.3 is 0 Å². The minimum absolute atomic E-state index is 0.0680. The standard InChI is InChI=1S/C19H24N4O2/c1-25-11-10-20-13-14-6-8-16(9-7-14)22-23-19(24)18-12-15-4-2-3-5-17(15)21-18/h2-9,18,20-22H,10-13H2,1H3,(H,23,24). The number of carbonyl (C=O) groups excluding carboxylic acids is 1. The predicted octanol–water partition coefficient (Wildman–Crippen LogP) is 1.90. The number of hydrogen-bond donors (Lipinski definition) is 4. The van der Waals surface area contributed by atoms with Crippen molar-refractivity contribution in [2.24, 2.45) is 0 Å². The third kappa shape index (κ3) is 4.71. The molecule has 0 saturated carbocycles. The molecule has 3 rings (SSSR count). The fourth-order valence-corrected chi connectivity index (χ4v) is 2.79. The van der Waals surface area contributed by atoms with Gasteiger partial charge in [-0.15, -0.1) is 0 Å². The highest BCUT2D eigenvalue weighted by molar-refractivity contribution is 5.88. The van der Waals surface area contributed by atoms with Gasteiger partial charge in [0.15, 0.2) is 0 Å². The largest absolute Gasteiger partial charge is 0.383 e. The monoisotopic (exact) mass is 340 g/mol. The van der Waals surface area contributed by atoms with Crippen LogP contribution >= 0.6 is 0 Å². The summed E-state index contributed by atoms with van der Waals surface area (Å²) in [6, 6.07) is 15.7. The SMILES string of the molecule is COCCNCc1ccc(NNC(=O)C2Cc3ccccc3N2)cc1. The lowest BCUT2D eigenvalue weighted by Gasteiger charge is -2.14. The zero-order valence-electron chi connectivity index (χ0n) is 14.3. The minimum Gasteiger partial charge on any atom is -0.383 e.